The summed E-state index contributed by atoms with van der Waals surface area (Å²) < 4.78 is 13.2. The van der Waals surface area contributed by atoms with E-state index < -0.39 is 0 Å². The second-order valence-corrected chi connectivity index (χ2v) is 8.46. The third-order valence-electron chi connectivity index (χ3n) is 6.35. The third kappa shape index (κ3) is 3.84. The first-order valence-corrected chi connectivity index (χ1v) is 11.1. The first-order valence-electron chi connectivity index (χ1n) is 11.1. The number of nitrogens with zero attached hydrogens (tertiary/aromatic N) is 4. The topological polar surface area (TPSA) is 77.9 Å². The average molecular weight is 432 g/mol. The van der Waals surface area contributed by atoms with Crippen molar-refractivity contribution in [2.24, 2.45) is 0 Å². The minimum Gasteiger partial charge on any atom is -0.499 e. The van der Waals surface area contributed by atoms with Gasteiger partial charge in [-0.1, -0.05) is 24.3 Å². The summed E-state index contributed by atoms with van der Waals surface area (Å²) in [5.41, 5.74) is 11.5. The van der Waals surface area contributed by atoms with Gasteiger partial charge < -0.3 is 20.1 Å². The van der Waals surface area contributed by atoms with E-state index in [0.717, 1.165) is 60.9 Å². The Morgan fingerprint density at radius 2 is 2.06 bits per heavy atom. The summed E-state index contributed by atoms with van der Waals surface area (Å²) in [5, 5.41) is 0. The molecule has 166 valence electrons. The maximum absolute atomic E-state index is 6.30. The molecule has 0 spiro atoms. The van der Waals surface area contributed by atoms with Crippen LogP contribution in [0.15, 0.2) is 60.3 Å². The predicted molar refractivity (Wildman–Crippen MR) is 125 cm³/mol. The molecule has 1 aromatic carbocycles. The molecule has 0 saturated carbocycles. The Balaban J connectivity index is 1.45. The van der Waals surface area contributed by atoms with Gasteiger partial charge >= 0.3 is 0 Å². The van der Waals surface area contributed by atoms with Crippen molar-refractivity contribution in [3.05, 3.63) is 71.7 Å². The molecule has 4 heterocycles. The molecule has 1 saturated heterocycles. The number of nitrogens with two attached hydrogens (primary N) is 1. The first kappa shape index (κ1) is 20.6. The smallest absolute Gasteiger partial charge is 0.150 e. The molecule has 3 aromatic rings. The van der Waals surface area contributed by atoms with Crippen LogP contribution in [-0.2, 0) is 16.0 Å². The van der Waals surface area contributed by atoms with Gasteiger partial charge in [-0.15, -0.1) is 0 Å². The summed E-state index contributed by atoms with van der Waals surface area (Å²) >= 11 is 0. The molecule has 0 radical (unpaired) electrons. The summed E-state index contributed by atoms with van der Waals surface area (Å²) in [5.74, 6) is 2.73. The largest absolute Gasteiger partial charge is 0.499 e. The Kier molecular flexibility index (Phi) is 5.57. The van der Waals surface area contributed by atoms with E-state index >= 15 is 0 Å². The fraction of sp³-hybridized carbons (Fsp3) is 0.360. The number of ether oxygens (including phenoxy) is 2. The molecule has 1 unspecified atom stereocenters. The number of fused-ring (bicyclic) bond motifs is 1. The molecule has 2 aromatic heterocycles. The van der Waals surface area contributed by atoms with Crippen LogP contribution in [0.3, 0.4) is 0 Å². The highest BCUT2D eigenvalue weighted by molar-refractivity contribution is 5.85. The van der Waals surface area contributed by atoms with E-state index in [9.17, 15) is 0 Å². The molecule has 1 fully saturated rings. The number of allylic oxidation sites excluding steroid dienone is 3. The van der Waals surface area contributed by atoms with Crippen LogP contribution in [0, 0.1) is 0 Å². The van der Waals surface area contributed by atoms with E-state index in [2.05, 4.69) is 51.5 Å². The Bertz CT molecular complexity index is 1170. The van der Waals surface area contributed by atoms with Crippen LogP contribution in [0.1, 0.15) is 37.1 Å². The van der Waals surface area contributed by atoms with E-state index in [1.807, 2.05) is 12.3 Å². The second-order valence-electron chi connectivity index (χ2n) is 8.46. The van der Waals surface area contributed by atoms with Crippen LogP contribution in [-0.4, -0.2) is 46.1 Å². The minimum absolute atomic E-state index is 0.267. The van der Waals surface area contributed by atoms with Crippen molar-refractivity contribution in [2.75, 3.05) is 32.6 Å². The lowest BCUT2D eigenvalue weighted by atomic mass is 10.0. The molecule has 2 aliphatic heterocycles. The Labute approximate surface area is 188 Å². The van der Waals surface area contributed by atoms with Crippen molar-refractivity contribution in [1.82, 2.24) is 19.3 Å². The Morgan fingerprint density at radius 1 is 1.22 bits per heavy atom. The van der Waals surface area contributed by atoms with Gasteiger partial charge in [0.05, 0.1) is 20.3 Å². The number of aromatic nitrogens is 3. The highest BCUT2D eigenvalue weighted by Gasteiger charge is 2.24. The summed E-state index contributed by atoms with van der Waals surface area (Å²) in [6.45, 7) is 5.25. The Morgan fingerprint density at radius 3 is 2.81 bits per heavy atom. The summed E-state index contributed by atoms with van der Waals surface area (Å²) in [6.07, 6.45) is 9.94. The number of methoxy groups -OCH3 is 1. The van der Waals surface area contributed by atoms with Crippen molar-refractivity contribution >= 4 is 11.3 Å². The number of hydrogen-bond donors (Lipinski definition) is 1. The molecule has 5 rings (SSSR count). The van der Waals surface area contributed by atoms with Crippen LogP contribution in [0.4, 0.5) is 5.82 Å². The predicted octanol–water partition coefficient (Wildman–Crippen LogP) is 4.12. The molecule has 1 atom stereocenters. The number of imidazole rings is 1. The van der Waals surface area contributed by atoms with Crippen LogP contribution in [0.5, 0.6) is 0 Å². The molecule has 0 amide bonds. The summed E-state index contributed by atoms with van der Waals surface area (Å²) in [7, 11) is 1.72. The molecule has 2 N–H and O–H groups in total. The number of hydrogen-bond acceptors (Lipinski definition) is 6. The standard InChI is InChI=1S/C25H29N5O2/c1-17-5-10-21(31-2)15-29(17)14-18-6-8-19(9-7-18)22-23-24(26)27-11-12-30(23)25(28-22)20-4-3-13-32-16-20/h5-12,20H,3-4,13-16H2,1-2H3,(H2,26,27). The third-order valence-corrected chi connectivity index (χ3v) is 6.35. The first-order chi connectivity index (χ1) is 15.6. The van der Waals surface area contributed by atoms with E-state index in [0.29, 0.717) is 12.4 Å². The van der Waals surface area contributed by atoms with Crippen molar-refractivity contribution in [2.45, 2.75) is 32.2 Å². The van der Waals surface area contributed by atoms with E-state index in [1.54, 1.807) is 13.3 Å². The van der Waals surface area contributed by atoms with Crippen molar-refractivity contribution in [1.29, 1.82) is 0 Å². The molecule has 0 bridgehead atoms. The van der Waals surface area contributed by atoms with Crippen LogP contribution in [0.25, 0.3) is 16.8 Å². The van der Waals surface area contributed by atoms with Crippen LogP contribution in [0.2, 0.25) is 0 Å². The van der Waals surface area contributed by atoms with Gasteiger partial charge in [0.1, 0.15) is 28.6 Å². The zero-order valence-corrected chi connectivity index (χ0v) is 18.6. The quantitative estimate of drug-likeness (QED) is 0.655. The van der Waals surface area contributed by atoms with Gasteiger partial charge in [-0.3, -0.25) is 4.40 Å². The molecule has 7 nitrogen and oxygen atoms in total. The van der Waals surface area contributed by atoms with E-state index in [1.165, 1.54) is 11.3 Å². The highest BCUT2D eigenvalue weighted by atomic mass is 16.5. The second kappa shape index (κ2) is 8.67. The lowest BCUT2D eigenvalue weighted by Gasteiger charge is -2.28. The fourth-order valence-corrected chi connectivity index (χ4v) is 4.51. The van der Waals surface area contributed by atoms with E-state index in [4.69, 9.17) is 20.2 Å². The van der Waals surface area contributed by atoms with Gasteiger partial charge in [0.25, 0.3) is 0 Å². The van der Waals surface area contributed by atoms with Gasteiger partial charge in [0.15, 0.2) is 0 Å². The summed E-state index contributed by atoms with van der Waals surface area (Å²) in [6, 6.07) is 8.58. The van der Waals surface area contributed by atoms with E-state index in [-0.39, 0.29) is 5.92 Å². The fourth-order valence-electron chi connectivity index (χ4n) is 4.51. The van der Waals surface area contributed by atoms with Crippen LogP contribution < -0.4 is 5.73 Å². The Hall–Kier alpha value is -3.32. The number of nitrogen functional groups attached to an aromatic ring is 1. The van der Waals surface area contributed by atoms with Gasteiger partial charge in [-0.05, 0) is 37.5 Å². The highest BCUT2D eigenvalue weighted by Crippen LogP contribution is 2.33. The molecule has 7 heteroatoms. The van der Waals surface area contributed by atoms with Gasteiger partial charge in [0.2, 0.25) is 0 Å². The van der Waals surface area contributed by atoms with Gasteiger partial charge in [-0.25, -0.2) is 9.97 Å². The van der Waals surface area contributed by atoms with Gasteiger partial charge in [-0.2, -0.15) is 0 Å². The van der Waals surface area contributed by atoms with Crippen molar-refractivity contribution in [3.63, 3.8) is 0 Å². The number of anilines is 1. The number of rotatable bonds is 5. The molecule has 0 aliphatic carbocycles. The normalized spacial score (nSPS) is 19.1. The maximum Gasteiger partial charge on any atom is 0.150 e. The molecule has 2 aliphatic rings. The SMILES string of the molecule is COC1=CC=C(C)N(Cc2ccc(-c3nc(C4CCCOC4)n4ccnc(N)c34)cc2)C1. The lowest BCUT2D eigenvalue weighted by Crippen LogP contribution is -2.26. The monoisotopic (exact) mass is 431 g/mol. The lowest BCUT2D eigenvalue weighted by molar-refractivity contribution is 0.0779. The number of benzene rings is 1. The average Bonchev–Trinajstić information content (AvgIpc) is 3.23. The van der Waals surface area contributed by atoms with Gasteiger partial charge in [0, 0.05) is 42.7 Å². The summed E-state index contributed by atoms with van der Waals surface area (Å²) in [4.78, 5) is 11.7. The zero-order valence-electron chi connectivity index (χ0n) is 18.6. The minimum atomic E-state index is 0.267. The molecular formula is C25H29N5O2. The molecule has 32 heavy (non-hydrogen) atoms. The van der Waals surface area contributed by atoms with Crippen LogP contribution >= 0.6 is 0 Å². The maximum atomic E-state index is 6.30. The van der Waals surface area contributed by atoms with Crippen molar-refractivity contribution < 1.29 is 9.47 Å². The van der Waals surface area contributed by atoms with Crippen molar-refractivity contribution in [3.8, 4) is 11.3 Å². The zero-order chi connectivity index (χ0) is 22.1. The molecular weight excluding hydrogens is 402 g/mol.